The Balaban J connectivity index is 1.73. The number of ether oxygens (including phenoxy) is 4. The molecule has 0 saturated carbocycles. The van der Waals surface area contributed by atoms with Crippen LogP contribution in [0.4, 0.5) is 0 Å². The maximum atomic E-state index is 13.1. The van der Waals surface area contributed by atoms with Gasteiger partial charge in [-0.15, -0.1) is 0 Å². The van der Waals surface area contributed by atoms with Crippen LogP contribution in [0.2, 0.25) is 0 Å². The summed E-state index contributed by atoms with van der Waals surface area (Å²) in [4.78, 5) is 13.1. The Morgan fingerprint density at radius 3 is 1.67 bits per heavy atom. The molecule has 0 radical (unpaired) electrons. The van der Waals surface area contributed by atoms with Crippen molar-refractivity contribution in [2.75, 3.05) is 19.8 Å². The molecule has 64 heavy (non-hydrogen) atoms. The summed E-state index contributed by atoms with van der Waals surface area (Å²) in [6.07, 6.45) is 26.3. The number of hydrogen-bond donors (Lipinski definition) is 9. The molecule has 0 aromatic rings. The second kappa shape index (κ2) is 37.0. The van der Waals surface area contributed by atoms with E-state index in [0.717, 1.165) is 44.9 Å². The van der Waals surface area contributed by atoms with Crippen molar-refractivity contribution in [1.29, 1.82) is 0 Å². The number of carbonyl (C=O) groups excluding carboxylic acids is 1. The molecule has 14 nitrogen and oxygen atoms in total. The molecular weight excluding hydrogens is 823 g/mol. The first-order valence-electron chi connectivity index (χ1n) is 24.9. The number of aliphatic hydroxyl groups is 8. The summed E-state index contributed by atoms with van der Waals surface area (Å²) < 4.78 is 22.6. The van der Waals surface area contributed by atoms with Crippen molar-refractivity contribution in [3.8, 4) is 0 Å². The van der Waals surface area contributed by atoms with E-state index in [1.165, 1.54) is 89.9 Å². The Labute approximate surface area is 384 Å². The van der Waals surface area contributed by atoms with Crippen molar-refractivity contribution in [2.45, 2.75) is 242 Å². The molecule has 2 fully saturated rings. The Morgan fingerprint density at radius 1 is 0.562 bits per heavy atom. The van der Waals surface area contributed by atoms with Crippen LogP contribution in [0.1, 0.15) is 168 Å². The van der Waals surface area contributed by atoms with Gasteiger partial charge < -0.3 is 65.1 Å². The second-order valence-corrected chi connectivity index (χ2v) is 17.6. The van der Waals surface area contributed by atoms with Gasteiger partial charge in [0.05, 0.1) is 32.0 Å². The standard InChI is InChI=1S/C50H89NO13/c1-3-5-7-9-11-12-13-14-15-16-17-18-19-20-21-22-23-24-25-26-28-30-32-34-42(55)51-38(39(54)33-31-29-27-10-8-6-4-2)37-61-49-47(60)45(58)48(41(36-53)63-49)64-50-46(59)44(57)43(56)40(35-52)62-50/h8,10,13-14,16-17,31,33,38-41,43-50,52-54,56-60H,3-7,9,11-12,15,18-30,32,34-37H2,1-2H3,(H,51,55)/b10-8+,14-13-,17-16-,33-31+. The molecule has 1 amide bonds. The third-order valence-electron chi connectivity index (χ3n) is 12.0. The van der Waals surface area contributed by atoms with Crippen LogP contribution in [-0.2, 0) is 23.7 Å². The predicted octanol–water partition coefficient (Wildman–Crippen LogP) is 6.10. The number of rotatable bonds is 37. The van der Waals surface area contributed by atoms with Crippen LogP contribution in [0.5, 0.6) is 0 Å². The van der Waals surface area contributed by atoms with E-state index in [-0.39, 0.29) is 18.9 Å². The third-order valence-corrected chi connectivity index (χ3v) is 12.0. The van der Waals surface area contributed by atoms with Gasteiger partial charge in [-0.1, -0.05) is 152 Å². The lowest BCUT2D eigenvalue weighted by atomic mass is 9.97. The number of allylic oxidation sites excluding steroid dienone is 7. The van der Waals surface area contributed by atoms with Gasteiger partial charge >= 0.3 is 0 Å². The molecule has 2 saturated heterocycles. The van der Waals surface area contributed by atoms with E-state index < -0.39 is 86.8 Å². The van der Waals surface area contributed by atoms with Crippen molar-refractivity contribution in [1.82, 2.24) is 5.32 Å². The van der Waals surface area contributed by atoms with E-state index in [0.29, 0.717) is 12.8 Å². The monoisotopic (exact) mass is 912 g/mol. The van der Waals surface area contributed by atoms with Crippen molar-refractivity contribution < 1.29 is 64.6 Å². The van der Waals surface area contributed by atoms with Crippen LogP contribution < -0.4 is 5.32 Å². The SMILES string of the molecule is CCC/C=C/CC/C=C/C(O)C(COC1OC(CO)C(OC2OC(CO)C(O)C(O)C2O)C(O)C1O)NC(=O)CCCCCCCCCCCCC/C=C\C/C=C\CCCCCCC. The molecule has 0 aromatic carbocycles. The topological polar surface area (TPSA) is 228 Å². The Kier molecular flexibility index (Phi) is 33.6. The molecule has 0 aromatic heterocycles. The van der Waals surface area contributed by atoms with Gasteiger partial charge in [0.1, 0.15) is 48.8 Å². The third kappa shape index (κ3) is 24.1. The smallest absolute Gasteiger partial charge is 0.220 e. The van der Waals surface area contributed by atoms with E-state index in [4.69, 9.17) is 18.9 Å². The molecule has 12 atom stereocenters. The average molecular weight is 912 g/mol. The quantitative estimate of drug-likeness (QED) is 0.0254. The van der Waals surface area contributed by atoms with Gasteiger partial charge in [0.25, 0.3) is 0 Å². The highest BCUT2D eigenvalue weighted by atomic mass is 16.7. The van der Waals surface area contributed by atoms with Crippen LogP contribution in [-0.4, -0.2) is 140 Å². The zero-order valence-electron chi connectivity index (χ0n) is 39.3. The van der Waals surface area contributed by atoms with E-state index in [1.54, 1.807) is 6.08 Å². The average Bonchev–Trinajstić information content (AvgIpc) is 3.29. The number of amides is 1. The fourth-order valence-corrected chi connectivity index (χ4v) is 7.87. The minimum atomic E-state index is -1.79. The largest absolute Gasteiger partial charge is 0.394 e. The molecule has 2 heterocycles. The van der Waals surface area contributed by atoms with Gasteiger partial charge in [0.15, 0.2) is 12.6 Å². The van der Waals surface area contributed by atoms with E-state index in [2.05, 4.69) is 55.6 Å². The van der Waals surface area contributed by atoms with Gasteiger partial charge in [-0.25, -0.2) is 0 Å². The van der Waals surface area contributed by atoms with Crippen LogP contribution in [0.3, 0.4) is 0 Å². The molecule has 0 aliphatic carbocycles. The van der Waals surface area contributed by atoms with Crippen LogP contribution in [0.25, 0.3) is 0 Å². The van der Waals surface area contributed by atoms with Crippen LogP contribution in [0, 0.1) is 0 Å². The molecule has 2 aliphatic rings. The van der Waals surface area contributed by atoms with Gasteiger partial charge in [0, 0.05) is 6.42 Å². The first kappa shape index (κ1) is 58.1. The minimum absolute atomic E-state index is 0.259. The normalized spacial score (nSPS) is 27.7. The number of aliphatic hydroxyl groups excluding tert-OH is 8. The first-order chi connectivity index (χ1) is 31.1. The van der Waals surface area contributed by atoms with Gasteiger partial charge in [-0.05, 0) is 57.8 Å². The minimum Gasteiger partial charge on any atom is -0.394 e. The molecule has 9 N–H and O–H groups in total. The zero-order valence-corrected chi connectivity index (χ0v) is 39.3. The predicted molar refractivity (Wildman–Crippen MR) is 249 cm³/mol. The highest BCUT2D eigenvalue weighted by Gasteiger charge is 2.51. The lowest BCUT2D eigenvalue weighted by Gasteiger charge is -2.46. The van der Waals surface area contributed by atoms with Crippen molar-refractivity contribution in [2.24, 2.45) is 0 Å². The molecule has 372 valence electrons. The fourth-order valence-electron chi connectivity index (χ4n) is 7.87. The van der Waals surface area contributed by atoms with Crippen LogP contribution in [0.15, 0.2) is 48.6 Å². The lowest BCUT2D eigenvalue weighted by Crippen LogP contribution is -2.65. The Morgan fingerprint density at radius 2 is 1.08 bits per heavy atom. The number of nitrogens with one attached hydrogen (secondary N) is 1. The number of carbonyl (C=O) groups is 1. The molecule has 0 spiro atoms. The first-order valence-corrected chi connectivity index (χ1v) is 24.9. The summed E-state index contributed by atoms with van der Waals surface area (Å²) in [7, 11) is 0. The van der Waals surface area contributed by atoms with E-state index >= 15 is 0 Å². The number of unbranched alkanes of at least 4 members (excludes halogenated alkanes) is 18. The molecule has 12 unspecified atom stereocenters. The highest BCUT2D eigenvalue weighted by Crippen LogP contribution is 2.30. The summed E-state index contributed by atoms with van der Waals surface area (Å²) in [5.41, 5.74) is 0. The van der Waals surface area contributed by atoms with Gasteiger partial charge in [-0.2, -0.15) is 0 Å². The maximum absolute atomic E-state index is 13.1. The summed E-state index contributed by atoms with van der Waals surface area (Å²) >= 11 is 0. The molecule has 0 bridgehead atoms. The molecular formula is C50H89NO13. The van der Waals surface area contributed by atoms with Crippen LogP contribution >= 0.6 is 0 Å². The van der Waals surface area contributed by atoms with Crippen molar-refractivity contribution >= 4 is 5.91 Å². The summed E-state index contributed by atoms with van der Waals surface area (Å²) in [6.45, 7) is 2.62. The number of hydrogen-bond acceptors (Lipinski definition) is 13. The summed E-state index contributed by atoms with van der Waals surface area (Å²) in [5, 5.41) is 86.3. The highest BCUT2D eigenvalue weighted by molar-refractivity contribution is 5.76. The van der Waals surface area contributed by atoms with Crippen molar-refractivity contribution in [3.63, 3.8) is 0 Å². The Hall–Kier alpha value is -2.05. The fraction of sp³-hybridized carbons (Fsp3) is 0.820. The maximum Gasteiger partial charge on any atom is 0.220 e. The van der Waals surface area contributed by atoms with E-state index in [9.17, 15) is 45.6 Å². The Bertz CT molecular complexity index is 1260. The lowest BCUT2D eigenvalue weighted by molar-refractivity contribution is -0.359. The van der Waals surface area contributed by atoms with E-state index in [1.807, 2.05) is 6.08 Å². The van der Waals surface area contributed by atoms with Gasteiger partial charge in [-0.3, -0.25) is 4.79 Å². The summed E-state index contributed by atoms with van der Waals surface area (Å²) in [6, 6.07) is -0.929. The molecule has 14 heteroatoms. The van der Waals surface area contributed by atoms with Crippen molar-refractivity contribution in [3.05, 3.63) is 48.6 Å². The summed E-state index contributed by atoms with van der Waals surface area (Å²) in [5.74, 6) is -0.259. The van der Waals surface area contributed by atoms with Gasteiger partial charge in [0.2, 0.25) is 5.91 Å². The molecule has 2 rings (SSSR count). The second-order valence-electron chi connectivity index (χ2n) is 17.6. The molecule has 2 aliphatic heterocycles. The zero-order chi connectivity index (χ0) is 46.8.